The van der Waals surface area contributed by atoms with Gasteiger partial charge in [-0.1, -0.05) is 0 Å². The number of aryl methyl sites for hydroxylation is 1. The fourth-order valence-corrected chi connectivity index (χ4v) is 3.83. The van der Waals surface area contributed by atoms with Gasteiger partial charge in [-0.25, -0.2) is 9.78 Å². The van der Waals surface area contributed by atoms with E-state index in [1.54, 1.807) is 18.4 Å². The van der Waals surface area contributed by atoms with Crippen LogP contribution in [0.25, 0.3) is 0 Å². The summed E-state index contributed by atoms with van der Waals surface area (Å²) in [5.41, 5.74) is -0.545. The highest BCUT2D eigenvalue weighted by molar-refractivity contribution is 7.09. The predicted molar refractivity (Wildman–Crippen MR) is 87.6 cm³/mol. The van der Waals surface area contributed by atoms with Crippen LogP contribution in [0.1, 0.15) is 35.5 Å². The summed E-state index contributed by atoms with van der Waals surface area (Å²) >= 11 is 1.56. The Labute approximate surface area is 136 Å². The van der Waals surface area contributed by atoms with Gasteiger partial charge < -0.3 is 5.32 Å². The van der Waals surface area contributed by atoms with E-state index in [4.69, 9.17) is 0 Å². The minimum absolute atomic E-state index is 0.0471. The Morgan fingerprint density at radius 2 is 2.04 bits per heavy atom. The average molecular weight is 331 g/mol. The first-order valence-corrected chi connectivity index (χ1v) is 8.18. The monoisotopic (exact) mass is 331 g/mol. The largest absolute Gasteiger partial charge is 0.358 e. The average Bonchev–Trinajstić information content (AvgIpc) is 2.92. The molecular weight excluding hydrogens is 314 g/mol. The molecule has 0 unspecified atom stereocenters. The number of thiazole rings is 1. The van der Waals surface area contributed by atoms with E-state index in [1.807, 2.05) is 18.4 Å². The molecule has 0 aliphatic heterocycles. The lowest BCUT2D eigenvalue weighted by atomic mass is 9.77. The van der Waals surface area contributed by atoms with Crippen LogP contribution < -0.4 is 16.6 Å². The van der Waals surface area contributed by atoms with Gasteiger partial charge in [0.15, 0.2) is 5.56 Å². The van der Waals surface area contributed by atoms with Crippen LogP contribution in [0.4, 0.5) is 5.82 Å². The molecule has 0 spiro atoms. The summed E-state index contributed by atoms with van der Waals surface area (Å²) < 4.78 is 2.27. The van der Waals surface area contributed by atoms with Crippen LogP contribution in [0.5, 0.6) is 0 Å². The molecular formula is C15H17N5O2S. The second kappa shape index (κ2) is 5.35. The highest BCUT2D eigenvalue weighted by Crippen LogP contribution is 2.45. The molecule has 0 aromatic carbocycles. The lowest BCUT2D eigenvalue weighted by Crippen LogP contribution is -2.46. The maximum Gasteiger partial charge on any atom is 0.332 e. The van der Waals surface area contributed by atoms with E-state index in [1.165, 1.54) is 11.6 Å². The van der Waals surface area contributed by atoms with E-state index in [0.717, 1.165) is 34.5 Å². The fourth-order valence-electron chi connectivity index (χ4n) is 2.81. The van der Waals surface area contributed by atoms with Crippen LogP contribution in [0.15, 0.2) is 15.0 Å². The van der Waals surface area contributed by atoms with Crippen LogP contribution in [-0.4, -0.2) is 14.1 Å². The molecule has 23 heavy (non-hydrogen) atoms. The quantitative estimate of drug-likeness (QED) is 0.912. The highest BCUT2D eigenvalue weighted by Gasteiger charge is 2.42. The van der Waals surface area contributed by atoms with Crippen molar-refractivity contribution in [1.82, 2.24) is 14.1 Å². The number of nitrogens with zero attached hydrogens (tertiary/aromatic N) is 4. The Balaban J connectivity index is 2.15. The van der Waals surface area contributed by atoms with Gasteiger partial charge >= 0.3 is 5.69 Å². The van der Waals surface area contributed by atoms with Gasteiger partial charge in [-0.2, -0.15) is 5.26 Å². The van der Waals surface area contributed by atoms with Crippen molar-refractivity contribution in [3.63, 3.8) is 0 Å². The summed E-state index contributed by atoms with van der Waals surface area (Å²) in [7, 11) is 2.93. The van der Waals surface area contributed by atoms with Crippen LogP contribution in [0, 0.1) is 18.3 Å². The molecule has 0 bridgehead atoms. The number of nitriles is 1. The molecule has 7 nitrogen and oxygen atoms in total. The zero-order chi connectivity index (χ0) is 16.8. The third kappa shape index (κ3) is 2.28. The molecule has 0 radical (unpaired) electrons. The van der Waals surface area contributed by atoms with Gasteiger partial charge in [-0.3, -0.25) is 13.9 Å². The van der Waals surface area contributed by atoms with Crippen LogP contribution in [-0.2, 0) is 19.6 Å². The predicted octanol–water partition coefficient (Wildman–Crippen LogP) is 1.21. The van der Waals surface area contributed by atoms with Gasteiger partial charge in [-0.05, 0) is 26.2 Å². The SMILES string of the molecule is Cc1csc(C2(Nc3c(C#N)c(=O)n(C)c(=O)n3C)CCC2)n1. The van der Waals surface area contributed by atoms with Gasteiger partial charge in [0.25, 0.3) is 5.56 Å². The smallest absolute Gasteiger partial charge is 0.332 e. The van der Waals surface area contributed by atoms with Crippen molar-refractivity contribution in [3.8, 4) is 6.07 Å². The molecule has 0 atom stereocenters. The van der Waals surface area contributed by atoms with E-state index in [9.17, 15) is 14.9 Å². The standard InChI is InChI=1S/C15H17N5O2S/c1-9-8-23-13(17-9)15(5-4-6-15)18-11-10(7-16)12(21)20(3)14(22)19(11)2/h8,18H,4-6H2,1-3H3. The maximum absolute atomic E-state index is 12.2. The molecule has 0 amide bonds. The van der Waals surface area contributed by atoms with Gasteiger partial charge in [-0.15, -0.1) is 11.3 Å². The summed E-state index contributed by atoms with van der Waals surface area (Å²) in [4.78, 5) is 28.9. The van der Waals surface area contributed by atoms with E-state index >= 15 is 0 Å². The van der Waals surface area contributed by atoms with E-state index in [0.29, 0.717) is 0 Å². The number of hydrogen-bond donors (Lipinski definition) is 1. The number of hydrogen-bond acceptors (Lipinski definition) is 6. The molecule has 1 saturated carbocycles. The first kappa shape index (κ1) is 15.5. The van der Waals surface area contributed by atoms with Crippen molar-refractivity contribution in [2.75, 3.05) is 5.32 Å². The van der Waals surface area contributed by atoms with E-state index < -0.39 is 16.8 Å². The molecule has 120 valence electrons. The Hall–Kier alpha value is -2.40. The third-order valence-electron chi connectivity index (χ3n) is 4.37. The van der Waals surface area contributed by atoms with Crippen molar-refractivity contribution < 1.29 is 0 Å². The Kier molecular flexibility index (Phi) is 3.60. The van der Waals surface area contributed by atoms with Crippen molar-refractivity contribution in [1.29, 1.82) is 5.26 Å². The summed E-state index contributed by atoms with van der Waals surface area (Å²) in [6.07, 6.45) is 2.74. The molecule has 2 heterocycles. The highest BCUT2D eigenvalue weighted by atomic mass is 32.1. The molecule has 1 N–H and O–H groups in total. The molecule has 8 heteroatoms. The maximum atomic E-state index is 12.2. The number of nitrogens with one attached hydrogen (secondary N) is 1. The number of rotatable bonds is 3. The summed E-state index contributed by atoms with van der Waals surface area (Å²) in [5, 5.41) is 15.6. The fraction of sp³-hybridized carbons (Fsp3) is 0.467. The van der Waals surface area contributed by atoms with Gasteiger partial charge in [0.1, 0.15) is 16.9 Å². The molecule has 2 aromatic rings. The number of aromatic nitrogens is 3. The zero-order valence-corrected chi connectivity index (χ0v) is 14.0. The van der Waals surface area contributed by atoms with Crippen molar-refractivity contribution in [2.45, 2.75) is 31.7 Å². The topological polar surface area (TPSA) is 92.7 Å². The van der Waals surface area contributed by atoms with Crippen LogP contribution in [0.3, 0.4) is 0 Å². The minimum Gasteiger partial charge on any atom is -0.358 e. The summed E-state index contributed by atoms with van der Waals surface area (Å²) in [5.74, 6) is 0.271. The van der Waals surface area contributed by atoms with Gasteiger partial charge in [0.05, 0.1) is 5.54 Å². The molecule has 1 aliphatic rings. The van der Waals surface area contributed by atoms with Crippen LogP contribution >= 0.6 is 11.3 Å². The lowest BCUT2D eigenvalue weighted by molar-refractivity contribution is 0.281. The lowest BCUT2D eigenvalue weighted by Gasteiger charge is -2.42. The second-order valence-corrected chi connectivity index (χ2v) is 6.75. The van der Waals surface area contributed by atoms with Gasteiger partial charge in [0.2, 0.25) is 0 Å². The second-order valence-electron chi connectivity index (χ2n) is 5.90. The van der Waals surface area contributed by atoms with E-state index in [-0.39, 0.29) is 11.4 Å². The summed E-state index contributed by atoms with van der Waals surface area (Å²) in [6, 6.07) is 1.93. The number of anilines is 1. The first-order chi connectivity index (χ1) is 10.9. The molecule has 1 aliphatic carbocycles. The third-order valence-corrected chi connectivity index (χ3v) is 5.53. The van der Waals surface area contributed by atoms with Gasteiger partial charge in [0, 0.05) is 25.2 Å². The Bertz CT molecular complexity index is 927. The normalized spacial score (nSPS) is 15.7. The van der Waals surface area contributed by atoms with E-state index in [2.05, 4.69) is 10.3 Å². The Morgan fingerprint density at radius 1 is 1.35 bits per heavy atom. The molecule has 0 saturated heterocycles. The minimum atomic E-state index is -0.581. The zero-order valence-electron chi connectivity index (χ0n) is 13.2. The van der Waals surface area contributed by atoms with Crippen molar-refractivity contribution in [3.05, 3.63) is 42.5 Å². The van der Waals surface area contributed by atoms with Crippen LogP contribution in [0.2, 0.25) is 0 Å². The molecule has 3 rings (SSSR count). The van der Waals surface area contributed by atoms with Crippen molar-refractivity contribution in [2.24, 2.45) is 14.1 Å². The van der Waals surface area contributed by atoms with Crippen molar-refractivity contribution >= 4 is 17.2 Å². The molecule has 1 fully saturated rings. The first-order valence-electron chi connectivity index (χ1n) is 7.30. The Morgan fingerprint density at radius 3 is 2.52 bits per heavy atom. The summed E-state index contributed by atoms with van der Waals surface area (Å²) in [6.45, 7) is 1.93. The molecule has 2 aromatic heterocycles.